The highest BCUT2D eigenvalue weighted by Gasteiger charge is 2.09. The molecule has 3 amide bonds. The summed E-state index contributed by atoms with van der Waals surface area (Å²) < 4.78 is 0. The molecule has 0 rings (SSSR count). The third-order valence-corrected chi connectivity index (χ3v) is 2.26. The van der Waals surface area contributed by atoms with Crippen LogP contribution in [-0.4, -0.2) is 55.1 Å². The van der Waals surface area contributed by atoms with E-state index in [2.05, 4.69) is 10.6 Å². The highest BCUT2D eigenvalue weighted by Crippen LogP contribution is 1.98. The van der Waals surface area contributed by atoms with Crippen LogP contribution in [0.5, 0.6) is 0 Å². The Bertz CT molecular complexity index is 305. The van der Waals surface area contributed by atoms with E-state index in [1.165, 1.54) is 4.90 Å². The number of amides is 3. The average molecular weight is 259 g/mol. The van der Waals surface area contributed by atoms with E-state index in [1.54, 1.807) is 21.0 Å². The van der Waals surface area contributed by atoms with E-state index in [0.717, 1.165) is 0 Å². The summed E-state index contributed by atoms with van der Waals surface area (Å²) in [5.74, 6) is -1.08. The summed E-state index contributed by atoms with van der Waals surface area (Å²) in [6.07, 6.45) is 0.254. The summed E-state index contributed by atoms with van der Waals surface area (Å²) in [6.45, 7) is 2.29. The second-order valence-corrected chi connectivity index (χ2v) is 4.38. The van der Waals surface area contributed by atoms with E-state index in [4.69, 9.17) is 5.11 Å². The van der Waals surface area contributed by atoms with Crippen LogP contribution in [0, 0.1) is 5.92 Å². The zero-order valence-corrected chi connectivity index (χ0v) is 11.0. The highest BCUT2D eigenvalue weighted by molar-refractivity contribution is 5.77. The van der Waals surface area contributed by atoms with Gasteiger partial charge in [0.15, 0.2) is 0 Å². The van der Waals surface area contributed by atoms with Gasteiger partial charge in [0.1, 0.15) is 0 Å². The first-order chi connectivity index (χ1) is 8.32. The minimum atomic E-state index is -0.888. The number of carbonyl (C=O) groups is 3. The minimum absolute atomic E-state index is 0.0133. The molecular weight excluding hydrogens is 238 g/mol. The summed E-state index contributed by atoms with van der Waals surface area (Å²) in [5.41, 5.74) is 0. The van der Waals surface area contributed by atoms with Crippen molar-refractivity contribution in [1.82, 2.24) is 15.5 Å². The van der Waals surface area contributed by atoms with Crippen LogP contribution < -0.4 is 10.6 Å². The lowest BCUT2D eigenvalue weighted by Gasteiger charge is -2.12. The van der Waals surface area contributed by atoms with E-state index in [-0.39, 0.29) is 31.2 Å². The monoisotopic (exact) mass is 259 g/mol. The third-order valence-electron chi connectivity index (χ3n) is 2.26. The minimum Gasteiger partial charge on any atom is -0.481 e. The molecule has 0 heterocycles. The number of nitrogens with zero attached hydrogens (tertiary/aromatic N) is 1. The van der Waals surface area contributed by atoms with E-state index in [9.17, 15) is 14.4 Å². The Hall–Kier alpha value is -1.79. The quantitative estimate of drug-likeness (QED) is 0.593. The number of urea groups is 1. The molecule has 0 aromatic carbocycles. The number of rotatable bonds is 7. The Morgan fingerprint density at radius 1 is 1.22 bits per heavy atom. The van der Waals surface area contributed by atoms with Gasteiger partial charge in [0.25, 0.3) is 0 Å². The van der Waals surface area contributed by atoms with Crippen molar-refractivity contribution in [2.75, 3.05) is 27.2 Å². The lowest BCUT2D eigenvalue weighted by molar-refractivity contribution is -0.138. The van der Waals surface area contributed by atoms with Gasteiger partial charge in [-0.1, -0.05) is 6.92 Å². The molecule has 7 nitrogen and oxygen atoms in total. The predicted octanol–water partition coefficient (Wildman–Crippen LogP) is -0.125. The molecule has 0 aliphatic carbocycles. The lowest BCUT2D eigenvalue weighted by Crippen LogP contribution is -2.39. The molecule has 3 N–H and O–H groups in total. The van der Waals surface area contributed by atoms with Gasteiger partial charge in [0, 0.05) is 40.0 Å². The largest absolute Gasteiger partial charge is 0.481 e. The van der Waals surface area contributed by atoms with Crippen molar-refractivity contribution in [1.29, 1.82) is 0 Å². The zero-order valence-electron chi connectivity index (χ0n) is 11.0. The van der Waals surface area contributed by atoms with Gasteiger partial charge in [-0.25, -0.2) is 4.79 Å². The van der Waals surface area contributed by atoms with Crippen LogP contribution in [-0.2, 0) is 9.59 Å². The van der Waals surface area contributed by atoms with E-state index >= 15 is 0 Å². The molecule has 104 valence electrons. The third kappa shape index (κ3) is 8.37. The molecule has 0 saturated heterocycles. The Labute approximate surface area is 107 Å². The van der Waals surface area contributed by atoms with Gasteiger partial charge in [-0.15, -0.1) is 0 Å². The van der Waals surface area contributed by atoms with Crippen LogP contribution in [0.3, 0.4) is 0 Å². The Morgan fingerprint density at radius 2 is 1.83 bits per heavy atom. The lowest BCUT2D eigenvalue weighted by atomic mass is 10.1. The number of nitrogens with one attached hydrogen (secondary N) is 2. The second-order valence-electron chi connectivity index (χ2n) is 4.38. The van der Waals surface area contributed by atoms with Crippen molar-refractivity contribution in [2.24, 2.45) is 5.92 Å². The fraction of sp³-hybridized carbons (Fsp3) is 0.727. The van der Waals surface area contributed by atoms with E-state index < -0.39 is 12.0 Å². The number of aliphatic carboxylic acids is 1. The van der Waals surface area contributed by atoms with Gasteiger partial charge >= 0.3 is 12.0 Å². The van der Waals surface area contributed by atoms with Crippen molar-refractivity contribution >= 4 is 17.9 Å². The molecule has 0 fully saturated rings. The Balaban J connectivity index is 3.66. The van der Waals surface area contributed by atoms with Crippen LogP contribution in [0.1, 0.15) is 19.8 Å². The van der Waals surface area contributed by atoms with Crippen LogP contribution in [0.25, 0.3) is 0 Å². The molecule has 0 aromatic heterocycles. The molecular formula is C11H21N3O4. The molecule has 1 unspecified atom stereocenters. The SMILES string of the molecule is CC(CNC(=O)NCCC(=O)N(C)C)CC(=O)O. The summed E-state index contributed by atoms with van der Waals surface area (Å²) >= 11 is 0. The normalized spacial score (nSPS) is 11.5. The zero-order chi connectivity index (χ0) is 14.1. The maximum absolute atomic E-state index is 11.3. The van der Waals surface area contributed by atoms with Crippen LogP contribution >= 0.6 is 0 Å². The number of hydrogen-bond acceptors (Lipinski definition) is 3. The molecule has 0 spiro atoms. The summed E-state index contributed by atoms with van der Waals surface area (Å²) in [6, 6.07) is -0.390. The van der Waals surface area contributed by atoms with E-state index in [1.807, 2.05) is 0 Å². The molecule has 0 aliphatic rings. The first-order valence-corrected chi connectivity index (χ1v) is 5.76. The summed E-state index contributed by atoms with van der Waals surface area (Å²) in [4.78, 5) is 34.3. The Kier molecular flexibility index (Phi) is 7.50. The van der Waals surface area contributed by atoms with Gasteiger partial charge in [-0.3, -0.25) is 9.59 Å². The summed E-state index contributed by atoms with van der Waals surface area (Å²) in [5, 5.41) is 13.6. The van der Waals surface area contributed by atoms with Crippen molar-refractivity contribution < 1.29 is 19.5 Å². The molecule has 18 heavy (non-hydrogen) atoms. The fourth-order valence-corrected chi connectivity index (χ4v) is 1.21. The van der Waals surface area contributed by atoms with E-state index in [0.29, 0.717) is 6.54 Å². The molecule has 7 heteroatoms. The van der Waals surface area contributed by atoms with Gasteiger partial charge in [-0.2, -0.15) is 0 Å². The summed E-state index contributed by atoms with van der Waals surface area (Å²) in [7, 11) is 3.30. The van der Waals surface area contributed by atoms with Gasteiger partial charge in [-0.05, 0) is 5.92 Å². The molecule has 1 atom stereocenters. The van der Waals surface area contributed by atoms with Crippen molar-refractivity contribution in [3.05, 3.63) is 0 Å². The number of carbonyl (C=O) groups excluding carboxylic acids is 2. The number of carboxylic acid groups (broad SMARTS) is 1. The predicted molar refractivity (Wildman–Crippen MR) is 66.1 cm³/mol. The molecule has 0 radical (unpaired) electrons. The van der Waals surface area contributed by atoms with Gasteiger partial charge in [0.05, 0.1) is 0 Å². The second kappa shape index (κ2) is 8.32. The topological polar surface area (TPSA) is 98.7 Å². The number of carboxylic acids is 1. The van der Waals surface area contributed by atoms with Crippen LogP contribution in [0.15, 0.2) is 0 Å². The molecule has 0 aliphatic heterocycles. The van der Waals surface area contributed by atoms with Gasteiger partial charge < -0.3 is 20.6 Å². The molecule has 0 bridgehead atoms. The smallest absolute Gasteiger partial charge is 0.314 e. The fourth-order valence-electron chi connectivity index (χ4n) is 1.21. The maximum atomic E-state index is 11.3. The Morgan fingerprint density at radius 3 is 2.33 bits per heavy atom. The standard InChI is InChI=1S/C11H21N3O4/c1-8(6-10(16)17)7-13-11(18)12-5-4-9(15)14(2)3/h8H,4-7H2,1-3H3,(H,16,17)(H2,12,13,18). The maximum Gasteiger partial charge on any atom is 0.314 e. The van der Waals surface area contributed by atoms with Crippen molar-refractivity contribution in [3.63, 3.8) is 0 Å². The van der Waals surface area contributed by atoms with Crippen molar-refractivity contribution in [3.8, 4) is 0 Å². The average Bonchev–Trinajstić information content (AvgIpc) is 2.25. The first kappa shape index (κ1) is 16.2. The first-order valence-electron chi connectivity index (χ1n) is 5.76. The molecule has 0 aromatic rings. The van der Waals surface area contributed by atoms with Crippen molar-refractivity contribution in [2.45, 2.75) is 19.8 Å². The number of hydrogen-bond donors (Lipinski definition) is 3. The highest BCUT2D eigenvalue weighted by atomic mass is 16.4. The molecule has 0 saturated carbocycles. The van der Waals surface area contributed by atoms with Crippen LogP contribution in [0.2, 0.25) is 0 Å². The van der Waals surface area contributed by atoms with Crippen LogP contribution in [0.4, 0.5) is 4.79 Å². The van der Waals surface area contributed by atoms with Gasteiger partial charge in [0.2, 0.25) is 5.91 Å².